The standard InChI is InChI=1S/C16H15N3OS2/c1-16(12-8-4-2-5-9-12)14(18-20)19(15(21)22-16)17-13-10-6-3-7-11-13/h2-11,17,20H,1H3. The fourth-order valence-electron chi connectivity index (χ4n) is 2.39. The number of oxime groups is 1. The highest BCUT2D eigenvalue weighted by Gasteiger charge is 2.47. The summed E-state index contributed by atoms with van der Waals surface area (Å²) in [5.41, 5.74) is 5.11. The smallest absolute Gasteiger partial charge is 0.189 e. The number of thiocarbonyl (C=S) groups is 1. The van der Waals surface area contributed by atoms with Gasteiger partial charge in [0.2, 0.25) is 0 Å². The number of hydrazine groups is 1. The van der Waals surface area contributed by atoms with E-state index in [1.807, 2.05) is 67.6 Å². The lowest BCUT2D eigenvalue weighted by Crippen LogP contribution is -2.40. The molecule has 1 fully saturated rings. The fraction of sp³-hybridized carbons (Fsp3) is 0.125. The molecule has 1 unspecified atom stereocenters. The zero-order chi connectivity index (χ0) is 15.6. The highest BCUT2D eigenvalue weighted by molar-refractivity contribution is 8.24. The van der Waals surface area contributed by atoms with Crippen LogP contribution in [0.3, 0.4) is 0 Å². The monoisotopic (exact) mass is 329 g/mol. The SMILES string of the molecule is CC1(c2ccccc2)SC(=S)N(Nc2ccccc2)C1=NO. The van der Waals surface area contributed by atoms with Crippen LogP contribution in [0, 0.1) is 0 Å². The van der Waals surface area contributed by atoms with Gasteiger partial charge in [-0.05, 0) is 24.6 Å². The van der Waals surface area contributed by atoms with E-state index in [2.05, 4.69) is 10.6 Å². The lowest BCUT2D eigenvalue weighted by molar-refractivity contribution is 0.309. The van der Waals surface area contributed by atoms with Gasteiger partial charge in [-0.3, -0.25) is 5.43 Å². The number of amidine groups is 1. The average molecular weight is 329 g/mol. The van der Waals surface area contributed by atoms with Crippen LogP contribution in [0.2, 0.25) is 0 Å². The lowest BCUT2D eigenvalue weighted by Gasteiger charge is -2.25. The van der Waals surface area contributed by atoms with E-state index in [4.69, 9.17) is 12.2 Å². The third kappa shape index (κ3) is 2.55. The first kappa shape index (κ1) is 14.9. The second-order valence-corrected chi connectivity index (χ2v) is 7.06. The Morgan fingerprint density at radius 1 is 1.09 bits per heavy atom. The van der Waals surface area contributed by atoms with Crippen LogP contribution in [0.5, 0.6) is 0 Å². The van der Waals surface area contributed by atoms with E-state index in [0.29, 0.717) is 10.2 Å². The number of para-hydroxylation sites is 1. The second kappa shape index (κ2) is 5.98. The van der Waals surface area contributed by atoms with Gasteiger partial charge in [-0.1, -0.05) is 77.7 Å². The number of rotatable bonds is 3. The normalized spacial score (nSPS) is 23.0. The maximum absolute atomic E-state index is 9.56. The van der Waals surface area contributed by atoms with Crippen molar-refractivity contribution in [2.75, 3.05) is 5.43 Å². The van der Waals surface area contributed by atoms with Gasteiger partial charge in [0, 0.05) is 0 Å². The van der Waals surface area contributed by atoms with Crippen molar-refractivity contribution >= 4 is 39.8 Å². The number of nitrogens with zero attached hydrogens (tertiary/aromatic N) is 2. The predicted octanol–water partition coefficient (Wildman–Crippen LogP) is 4.05. The highest BCUT2D eigenvalue weighted by atomic mass is 32.2. The van der Waals surface area contributed by atoms with Crippen LogP contribution >= 0.6 is 24.0 Å². The molecular weight excluding hydrogens is 314 g/mol. The second-order valence-electron chi connectivity index (χ2n) is 5.00. The van der Waals surface area contributed by atoms with Gasteiger partial charge < -0.3 is 5.21 Å². The molecule has 0 spiro atoms. The number of hydrogen-bond acceptors (Lipinski definition) is 5. The van der Waals surface area contributed by atoms with Gasteiger partial charge in [0.25, 0.3) is 0 Å². The molecule has 0 saturated carbocycles. The van der Waals surface area contributed by atoms with Crippen LogP contribution in [0.4, 0.5) is 5.69 Å². The molecule has 0 radical (unpaired) electrons. The molecule has 0 aromatic heterocycles. The minimum atomic E-state index is -0.533. The zero-order valence-electron chi connectivity index (χ0n) is 11.9. The van der Waals surface area contributed by atoms with Crippen molar-refractivity contribution in [2.24, 2.45) is 5.16 Å². The number of thioether (sulfide) groups is 1. The van der Waals surface area contributed by atoms with Crippen molar-refractivity contribution in [3.63, 3.8) is 0 Å². The van der Waals surface area contributed by atoms with Gasteiger partial charge in [0.05, 0.1) is 5.69 Å². The largest absolute Gasteiger partial charge is 0.409 e. The molecule has 3 rings (SSSR count). The molecule has 22 heavy (non-hydrogen) atoms. The van der Waals surface area contributed by atoms with E-state index in [9.17, 15) is 5.21 Å². The van der Waals surface area contributed by atoms with Crippen LogP contribution in [-0.2, 0) is 4.75 Å². The molecule has 0 amide bonds. The Hall–Kier alpha value is -2.05. The van der Waals surface area contributed by atoms with Crippen LogP contribution in [0.1, 0.15) is 12.5 Å². The topological polar surface area (TPSA) is 47.9 Å². The average Bonchev–Trinajstić information content (AvgIpc) is 2.80. The Labute approximate surface area is 138 Å². The molecule has 2 aromatic rings. The first-order valence-electron chi connectivity index (χ1n) is 6.78. The third-order valence-electron chi connectivity index (χ3n) is 3.55. The Kier molecular flexibility index (Phi) is 4.04. The molecule has 0 aliphatic carbocycles. The van der Waals surface area contributed by atoms with E-state index in [0.717, 1.165) is 11.3 Å². The minimum Gasteiger partial charge on any atom is -0.409 e. The van der Waals surface area contributed by atoms with Crippen LogP contribution in [0.15, 0.2) is 65.8 Å². The van der Waals surface area contributed by atoms with E-state index in [-0.39, 0.29) is 0 Å². The van der Waals surface area contributed by atoms with Crippen molar-refractivity contribution in [3.8, 4) is 0 Å². The predicted molar refractivity (Wildman–Crippen MR) is 95.1 cm³/mol. The van der Waals surface area contributed by atoms with Crippen LogP contribution < -0.4 is 5.43 Å². The summed E-state index contributed by atoms with van der Waals surface area (Å²) in [4.78, 5) is 0. The molecule has 2 N–H and O–H groups in total. The number of hydrogen-bond donors (Lipinski definition) is 2. The summed E-state index contributed by atoms with van der Waals surface area (Å²) >= 11 is 6.95. The fourth-order valence-corrected chi connectivity index (χ4v) is 4.07. The van der Waals surface area contributed by atoms with E-state index >= 15 is 0 Å². The summed E-state index contributed by atoms with van der Waals surface area (Å²) < 4.78 is 0.0810. The van der Waals surface area contributed by atoms with Gasteiger partial charge in [-0.15, -0.1) is 0 Å². The zero-order valence-corrected chi connectivity index (χ0v) is 13.6. The summed E-state index contributed by atoms with van der Waals surface area (Å²) in [6.45, 7) is 2.00. The molecule has 4 nitrogen and oxygen atoms in total. The number of anilines is 1. The van der Waals surface area contributed by atoms with Crippen molar-refractivity contribution in [1.82, 2.24) is 5.01 Å². The summed E-state index contributed by atoms with van der Waals surface area (Å²) in [6.07, 6.45) is 0. The molecule has 112 valence electrons. The molecule has 1 atom stereocenters. The van der Waals surface area contributed by atoms with Gasteiger partial charge in [0.1, 0.15) is 4.75 Å². The third-order valence-corrected chi connectivity index (χ3v) is 5.16. The molecule has 1 aliphatic heterocycles. The Morgan fingerprint density at radius 3 is 2.27 bits per heavy atom. The minimum absolute atomic E-state index is 0.470. The quantitative estimate of drug-likeness (QED) is 0.505. The number of nitrogens with one attached hydrogen (secondary N) is 1. The maximum atomic E-state index is 9.56. The lowest BCUT2D eigenvalue weighted by atomic mass is 9.99. The van der Waals surface area contributed by atoms with Crippen molar-refractivity contribution in [3.05, 3.63) is 66.2 Å². The summed E-state index contributed by atoms with van der Waals surface area (Å²) in [6, 6.07) is 19.6. The molecule has 1 aliphatic rings. The maximum Gasteiger partial charge on any atom is 0.189 e. The van der Waals surface area contributed by atoms with Gasteiger partial charge in [0.15, 0.2) is 10.2 Å². The Morgan fingerprint density at radius 2 is 1.68 bits per heavy atom. The first-order valence-corrected chi connectivity index (χ1v) is 8.00. The van der Waals surface area contributed by atoms with Crippen LogP contribution in [-0.4, -0.2) is 20.4 Å². The van der Waals surface area contributed by atoms with Crippen molar-refractivity contribution in [1.29, 1.82) is 0 Å². The van der Waals surface area contributed by atoms with Gasteiger partial charge in [-0.2, -0.15) is 0 Å². The van der Waals surface area contributed by atoms with E-state index in [1.165, 1.54) is 11.8 Å². The summed E-state index contributed by atoms with van der Waals surface area (Å²) in [5, 5.41) is 14.7. The molecule has 1 saturated heterocycles. The summed E-state index contributed by atoms with van der Waals surface area (Å²) in [7, 11) is 0. The highest BCUT2D eigenvalue weighted by Crippen LogP contribution is 2.45. The first-order chi connectivity index (χ1) is 10.6. The Bertz CT molecular complexity index is 706. The Balaban J connectivity index is 1.95. The summed E-state index contributed by atoms with van der Waals surface area (Å²) in [5.74, 6) is 0.470. The molecular formula is C16H15N3OS2. The molecule has 2 aromatic carbocycles. The van der Waals surface area contributed by atoms with Gasteiger partial charge >= 0.3 is 0 Å². The van der Waals surface area contributed by atoms with E-state index in [1.54, 1.807) is 5.01 Å². The van der Waals surface area contributed by atoms with E-state index < -0.39 is 4.75 Å². The van der Waals surface area contributed by atoms with Gasteiger partial charge in [-0.25, -0.2) is 5.01 Å². The molecule has 0 bridgehead atoms. The van der Waals surface area contributed by atoms with Crippen molar-refractivity contribution in [2.45, 2.75) is 11.7 Å². The van der Waals surface area contributed by atoms with Crippen molar-refractivity contribution < 1.29 is 5.21 Å². The molecule has 6 heteroatoms. The number of benzene rings is 2. The van der Waals surface area contributed by atoms with Crippen LogP contribution in [0.25, 0.3) is 0 Å². The molecule has 1 heterocycles.